The quantitative estimate of drug-likeness (QED) is 0.813. The predicted molar refractivity (Wildman–Crippen MR) is 101 cm³/mol. The summed E-state index contributed by atoms with van der Waals surface area (Å²) in [6.45, 7) is 2.77. The van der Waals surface area contributed by atoms with Crippen LogP contribution >= 0.6 is 0 Å². The zero-order chi connectivity index (χ0) is 18.7. The first kappa shape index (κ1) is 18.3. The first-order chi connectivity index (χ1) is 12.5. The molecule has 1 fully saturated rings. The maximum absolute atomic E-state index is 12.6. The van der Waals surface area contributed by atoms with Gasteiger partial charge < -0.3 is 9.80 Å². The van der Waals surface area contributed by atoms with E-state index in [-0.39, 0.29) is 11.8 Å². The van der Waals surface area contributed by atoms with Crippen molar-refractivity contribution >= 4 is 11.9 Å². The van der Waals surface area contributed by atoms with E-state index < -0.39 is 0 Å². The Balaban J connectivity index is 1.83. The van der Waals surface area contributed by atoms with Gasteiger partial charge in [0.15, 0.2) is 0 Å². The number of carbonyl (C=O) groups is 1. The topological polar surface area (TPSA) is 65.5 Å². The highest BCUT2D eigenvalue weighted by atomic mass is 16.2. The second-order valence-electron chi connectivity index (χ2n) is 7.14. The minimum Gasteiger partial charge on any atom is -0.347 e. The Morgan fingerprint density at radius 1 is 1.23 bits per heavy atom. The van der Waals surface area contributed by atoms with Crippen LogP contribution in [0.2, 0.25) is 0 Å². The maximum Gasteiger partial charge on any atom is 0.256 e. The van der Waals surface area contributed by atoms with Crippen LogP contribution in [0.3, 0.4) is 0 Å². The first-order valence-corrected chi connectivity index (χ1v) is 8.83. The number of likely N-dealkylation sites (tertiary alicyclic amines) is 1. The minimum atomic E-state index is -0.0436. The highest BCUT2D eigenvalue weighted by molar-refractivity contribution is 5.95. The normalized spacial score (nSPS) is 17.3. The fourth-order valence-electron chi connectivity index (χ4n) is 3.26. The van der Waals surface area contributed by atoms with Gasteiger partial charge in [-0.25, -0.2) is 9.97 Å². The van der Waals surface area contributed by atoms with Crippen LogP contribution in [0.4, 0.5) is 5.95 Å². The molecule has 0 spiro atoms. The number of rotatable bonds is 5. The molecule has 0 aromatic carbocycles. The molecule has 1 aliphatic heterocycles. The molecule has 0 N–H and O–H groups in total. The van der Waals surface area contributed by atoms with Crippen LogP contribution in [0.15, 0.2) is 30.7 Å². The van der Waals surface area contributed by atoms with E-state index in [0.29, 0.717) is 11.5 Å². The molecule has 1 atom stereocenters. The van der Waals surface area contributed by atoms with Gasteiger partial charge in [0.25, 0.3) is 5.91 Å². The van der Waals surface area contributed by atoms with Gasteiger partial charge in [-0.2, -0.15) is 0 Å². The van der Waals surface area contributed by atoms with E-state index in [1.165, 1.54) is 5.56 Å². The molecule has 0 saturated carbocycles. The third-order valence-corrected chi connectivity index (χ3v) is 4.66. The van der Waals surface area contributed by atoms with Crippen molar-refractivity contribution in [1.29, 1.82) is 0 Å². The summed E-state index contributed by atoms with van der Waals surface area (Å²) in [5.41, 5.74) is 2.72. The fraction of sp³-hybridized carbons (Fsp3) is 0.474. The molecule has 1 saturated heterocycles. The van der Waals surface area contributed by atoms with E-state index in [0.717, 1.165) is 31.7 Å². The monoisotopic (exact) mass is 354 g/mol. The van der Waals surface area contributed by atoms with Gasteiger partial charge in [-0.15, -0.1) is 0 Å². The van der Waals surface area contributed by atoms with Crippen molar-refractivity contribution in [3.8, 4) is 0 Å². The largest absolute Gasteiger partial charge is 0.347 e. The Bertz CT molecular complexity index is 762. The van der Waals surface area contributed by atoms with Crippen LogP contribution in [-0.4, -0.2) is 71.9 Å². The number of nitrogens with zero attached hydrogens (tertiary/aromatic N) is 6. The molecule has 7 heteroatoms. The van der Waals surface area contributed by atoms with Crippen LogP contribution in [0.1, 0.15) is 34.0 Å². The molecule has 1 aliphatic rings. The van der Waals surface area contributed by atoms with Gasteiger partial charge in [-0.05, 0) is 30.7 Å². The molecule has 0 bridgehead atoms. The Hall–Kier alpha value is -2.54. The summed E-state index contributed by atoms with van der Waals surface area (Å²) in [5.74, 6) is 0.832. The summed E-state index contributed by atoms with van der Waals surface area (Å²) < 4.78 is 0. The zero-order valence-electron chi connectivity index (χ0n) is 15.9. The third-order valence-electron chi connectivity index (χ3n) is 4.66. The second-order valence-corrected chi connectivity index (χ2v) is 7.14. The fourth-order valence-corrected chi connectivity index (χ4v) is 3.26. The average Bonchev–Trinajstić information content (AvgIpc) is 3.09. The number of hydrogen-bond donors (Lipinski definition) is 0. The van der Waals surface area contributed by atoms with Crippen molar-refractivity contribution in [2.24, 2.45) is 0 Å². The Kier molecular flexibility index (Phi) is 5.46. The van der Waals surface area contributed by atoms with Crippen LogP contribution in [0.25, 0.3) is 0 Å². The lowest BCUT2D eigenvalue weighted by atomic mass is 9.99. The molecule has 2 aromatic heterocycles. The predicted octanol–water partition coefficient (Wildman–Crippen LogP) is 1.63. The SMILES string of the molecule is CN(C)C(=O)c1cnc(N(C)C)nc1C1CCN(Cc2ccncc2)C1. The van der Waals surface area contributed by atoms with Crippen molar-refractivity contribution in [3.05, 3.63) is 47.5 Å². The first-order valence-electron chi connectivity index (χ1n) is 8.83. The molecule has 0 radical (unpaired) electrons. The summed E-state index contributed by atoms with van der Waals surface area (Å²) in [7, 11) is 7.35. The summed E-state index contributed by atoms with van der Waals surface area (Å²) >= 11 is 0. The smallest absolute Gasteiger partial charge is 0.256 e. The number of anilines is 1. The molecule has 3 heterocycles. The summed E-state index contributed by atoms with van der Waals surface area (Å²) in [5, 5.41) is 0. The number of amides is 1. The molecule has 2 aromatic rings. The van der Waals surface area contributed by atoms with Crippen LogP contribution in [0, 0.1) is 0 Å². The Labute approximate surface area is 154 Å². The van der Waals surface area contributed by atoms with Gasteiger partial charge >= 0.3 is 0 Å². The summed E-state index contributed by atoms with van der Waals surface area (Å²) in [6, 6.07) is 4.09. The van der Waals surface area contributed by atoms with E-state index in [4.69, 9.17) is 4.98 Å². The molecule has 1 unspecified atom stereocenters. The van der Waals surface area contributed by atoms with E-state index in [9.17, 15) is 4.79 Å². The molecule has 1 amide bonds. The van der Waals surface area contributed by atoms with Crippen molar-refractivity contribution < 1.29 is 4.79 Å². The molecule has 0 aliphatic carbocycles. The molecule has 26 heavy (non-hydrogen) atoms. The summed E-state index contributed by atoms with van der Waals surface area (Å²) in [6.07, 6.45) is 6.31. The van der Waals surface area contributed by atoms with E-state index >= 15 is 0 Å². The van der Waals surface area contributed by atoms with Crippen molar-refractivity contribution in [1.82, 2.24) is 24.8 Å². The standard InChI is InChI=1S/C19H26N6O/c1-23(2)18(26)16-11-21-19(24(3)4)22-17(16)15-7-10-25(13-15)12-14-5-8-20-9-6-14/h5-6,8-9,11,15H,7,10,12-13H2,1-4H3. The molecule has 3 rings (SSSR count). The lowest BCUT2D eigenvalue weighted by molar-refractivity contribution is 0.0825. The molecular formula is C19H26N6O. The van der Waals surface area contributed by atoms with Crippen molar-refractivity contribution in [2.75, 3.05) is 46.2 Å². The molecule has 7 nitrogen and oxygen atoms in total. The second kappa shape index (κ2) is 7.78. The number of hydrogen-bond acceptors (Lipinski definition) is 6. The van der Waals surface area contributed by atoms with Gasteiger partial charge in [0.2, 0.25) is 5.95 Å². The number of aromatic nitrogens is 3. The van der Waals surface area contributed by atoms with Gasteiger partial charge in [0, 0.05) is 65.8 Å². The van der Waals surface area contributed by atoms with Crippen LogP contribution in [-0.2, 0) is 6.54 Å². The molecular weight excluding hydrogens is 328 g/mol. The summed E-state index contributed by atoms with van der Waals surface area (Å²) in [4.78, 5) is 31.6. The van der Waals surface area contributed by atoms with Gasteiger partial charge in [-0.1, -0.05) is 0 Å². The minimum absolute atomic E-state index is 0.0436. The van der Waals surface area contributed by atoms with Crippen LogP contribution < -0.4 is 4.90 Å². The zero-order valence-corrected chi connectivity index (χ0v) is 15.9. The van der Waals surface area contributed by atoms with E-state index in [1.54, 1.807) is 25.2 Å². The van der Waals surface area contributed by atoms with Crippen LogP contribution in [0.5, 0.6) is 0 Å². The lowest BCUT2D eigenvalue weighted by Crippen LogP contribution is -2.26. The van der Waals surface area contributed by atoms with Gasteiger partial charge in [0.05, 0.1) is 11.3 Å². The molecule has 138 valence electrons. The Morgan fingerprint density at radius 3 is 2.62 bits per heavy atom. The van der Waals surface area contributed by atoms with Crippen molar-refractivity contribution in [2.45, 2.75) is 18.9 Å². The number of pyridine rings is 1. The van der Waals surface area contributed by atoms with Gasteiger partial charge in [-0.3, -0.25) is 14.7 Å². The maximum atomic E-state index is 12.6. The Morgan fingerprint density at radius 2 is 1.96 bits per heavy atom. The average molecular weight is 354 g/mol. The lowest BCUT2D eigenvalue weighted by Gasteiger charge is -2.20. The highest BCUT2D eigenvalue weighted by Crippen LogP contribution is 2.30. The van der Waals surface area contributed by atoms with Gasteiger partial charge in [0.1, 0.15) is 0 Å². The third kappa shape index (κ3) is 3.99. The number of carbonyl (C=O) groups excluding carboxylic acids is 1. The van der Waals surface area contributed by atoms with Crippen molar-refractivity contribution in [3.63, 3.8) is 0 Å². The van der Waals surface area contributed by atoms with E-state index in [2.05, 4.69) is 14.9 Å². The van der Waals surface area contributed by atoms with E-state index in [1.807, 2.05) is 43.5 Å². The highest BCUT2D eigenvalue weighted by Gasteiger charge is 2.30.